The molecule has 0 spiro atoms. The van der Waals surface area contributed by atoms with Crippen molar-refractivity contribution in [1.29, 1.82) is 0 Å². The van der Waals surface area contributed by atoms with Crippen LogP contribution in [0.4, 0.5) is 0 Å². The van der Waals surface area contributed by atoms with Gasteiger partial charge in [0.05, 0.1) is 22.6 Å². The van der Waals surface area contributed by atoms with Crippen LogP contribution < -0.4 is 0 Å². The van der Waals surface area contributed by atoms with Crippen molar-refractivity contribution >= 4 is 86.3 Å². The van der Waals surface area contributed by atoms with E-state index in [2.05, 4.69) is 261 Å². The molecule has 2 heterocycles. The molecule has 0 radical (unpaired) electrons. The van der Waals surface area contributed by atoms with Gasteiger partial charge in [-0.1, -0.05) is 224 Å². The van der Waals surface area contributed by atoms with Gasteiger partial charge in [-0.2, -0.15) is 0 Å². The van der Waals surface area contributed by atoms with E-state index in [0.29, 0.717) is 5.82 Å². The minimum absolute atomic E-state index is 0.700. The van der Waals surface area contributed by atoms with E-state index in [1.807, 2.05) is 0 Å². The smallest absolute Gasteiger partial charge is 0.161 e. The van der Waals surface area contributed by atoms with Gasteiger partial charge in [0.2, 0.25) is 0 Å². The second-order valence-corrected chi connectivity index (χ2v) is 19.4. The van der Waals surface area contributed by atoms with E-state index in [0.717, 1.165) is 88.5 Å². The van der Waals surface area contributed by atoms with Gasteiger partial charge in [0, 0.05) is 38.4 Å². The van der Waals surface area contributed by atoms with Gasteiger partial charge in [-0.3, -0.25) is 0 Å². The summed E-state index contributed by atoms with van der Waals surface area (Å²) in [6, 6.07) is 94.2. The number of hydrogen-bond acceptors (Lipinski definition) is 3. The quantitative estimate of drug-likeness (QED) is 0.156. The van der Waals surface area contributed by atoms with E-state index >= 15 is 0 Å². The first-order valence-electron chi connectivity index (χ1n) is 25.3. The van der Waals surface area contributed by atoms with Crippen LogP contribution in [0.2, 0.25) is 0 Å². The summed E-state index contributed by atoms with van der Waals surface area (Å²) in [7, 11) is 0. The molecule has 0 fully saturated rings. The van der Waals surface area contributed by atoms with Crippen molar-refractivity contribution in [2.75, 3.05) is 0 Å². The highest BCUT2D eigenvalue weighted by molar-refractivity contribution is 6.25. The first kappa shape index (κ1) is 41.9. The van der Waals surface area contributed by atoms with E-state index in [9.17, 15) is 0 Å². The molecule has 13 aromatic carbocycles. The average molecular weight is 938 g/mol. The Morgan fingerprint density at radius 1 is 0.216 bits per heavy atom. The Balaban J connectivity index is 0.849. The predicted octanol–water partition coefficient (Wildman–Crippen LogP) is 19.1. The molecule has 342 valence electrons. The maximum atomic E-state index is 5.48. The van der Waals surface area contributed by atoms with Crippen LogP contribution in [0.25, 0.3) is 154 Å². The lowest BCUT2D eigenvalue weighted by Gasteiger charge is -2.16. The third-order valence-corrected chi connectivity index (χ3v) is 15.2. The number of aromatic nitrogens is 3. The fourth-order valence-electron chi connectivity index (χ4n) is 11.6. The SMILES string of the molecule is c1ccc2cc(-c3nc4ccccc4c4c3cc(-c3ccc(-c5ccc(-c6cc(-c7cc8ccccc8c8ccccc78)nc(-c7cc8ccccc8c8ccccc78)n6)cc5)cc3)c3ccccc34)ccc2c1. The van der Waals surface area contributed by atoms with Crippen molar-refractivity contribution in [3.05, 3.63) is 261 Å². The molecule has 0 saturated carbocycles. The highest BCUT2D eigenvalue weighted by atomic mass is 14.9. The zero-order valence-electron chi connectivity index (χ0n) is 40.2. The molecule has 0 amide bonds. The van der Waals surface area contributed by atoms with Crippen LogP contribution in [-0.2, 0) is 0 Å². The summed E-state index contributed by atoms with van der Waals surface area (Å²) in [5.74, 6) is 0.700. The summed E-state index contributed by atoms with van der Waals surface area (Å²) >= 11 is 0. The zero-order valence-corrected chi connectivity index (χ0v) is 40.2. The molecular weight excluding hydrogens is 895 g/mol. The first-order chi connectivity index (χ1) is 36.7. The van der Waals surface area contributed by atoms with Crippen LogP contribution in [0, 0.1) is 0 Å². The third-order valence-electron chi connectivity index (χ3n) is 15.2. The summed E-state index contributed by atoms with van der Waals surface area (Å²) in [5, 5.41) is 17.9. The van der Waals surface area contributed by atoms with Crippen LogP contribution in [0.15, 0.2) is 261 Å². The molecular formula is C71H43N3. The van der Waals surface area contributed by atoms with Gasteiger partial charge in [-0.15, -0.1) is 0 Å². The number of hydrogen-bond donors (Lipinski definition) is 0. The number of benzene rings is 13. The fourth-order valence-corrected chi connectivity index (χ4v) is 11.6. The topological polar surface area (TPSA) is 38.7 Å². The van der Waals surface area contributed by atoms with Crippen LogP contribution in [0.1, 0.15) is 0 Å². The van der Waals surface area contributed by atoms with E-state index in [-0.39, 0.29) is 0 Å². The molecule has 15 aromatic rings. The molecule has 3 heteroatoms. The van der Waals surface area contributed by atoms with E-state index < -0.39 is 0 Å². The lowest BCUT2D eigenvalue weighted by Crippen LogP contribution is -1.98. The van der Waals surface area contributed by atoms with Gasteiger partial charge in [-0.25, -0.2) is 15.0 Å². The molecule has 0 aliphatic rings. The molecule has 15 rings (SSSR count). The van der Waals surface area contributed by atoms with Crippen molar-refractivity contribution < 1.29 is 0 Å². The Labute approximate surface area is 427 Å². The number of nitrogens with zero attached hydrogens (tertiary/aromatic N) is 3. The largest absolute Gasteiger partial charge is 0.247 e. The first-order valence-corrected chi connectivity index (χ1v) is 25.3. The van der Waals surface area contributed by atoms with Gasteiger partial charge >= 0.3 is 0 Å². The summed E-state index contributed by atoms with van der Waals surface area (Å²) in [4.78, 5) is 16.3. The lowest BCUT2D eigenvalue weighted by atomic mass is 9.89. The van der Waals surface area contributed by atoms with Crippen molar-refractivity contribution in [2.45, 2.75) is 0 Å². The second kappa shape index (κ2) is 16.9. The highest BCUT2D eigenvalue weighted by Crippen LogP contribution is 2.44. The van der Waals surface area contributed by atoms with Crippen LogP contribution in [-0.4, -0.2) is 15.0 Å². The van der Waals surface area contributed by atoms with Gasteiger partial charge < -0.3 is 0 Å². The van der Waals surface area contributed by atoms with Gasteiger partial charge in [-0.05, 0) is 123 Å². The Bertz CT molecular complexity index is 4630. The Morgan fingerprint density at radius 3 is 1.34 bits per heavy atom. The van der Waals surface area contributed by atoms with Crippen molar-refractivity contribution in [2.24, 2.45) is 0 Å². The molecule has 0 N–H and O–H groups in total. The fraction of sp³-hybridized carbons (Fsp3) is 0. The maximum Gasteiger partial charge on any atom is 0.161 e. The standard InChI is InChI=1S/C71H43N3/c1-2-16-49-39-52(38-33-44(49)15-1)70-65-42-62(59-25-11-12-26-60(59)69(65)61-27-13-14-28-66(61)72-70)47-34-29-45(30-35-47)46-31-36-48(37-32-46)67-43-68(63-40-50-17-3-5-19-53(50)55-21-7-9-23-57(55)63)74-71(73-67)64-41-51-18-4-6-20-54(51)56-22-8-10-24-58(56)64/h1-43H. The monoisotopic (exact) mass is 937 g/mol. The highest BCUT2D eigenvalue weighted by Gasteiger charge is 2.20. The third kappa shape index (κ3) is 6.86. The summed E-state index contributed by atoms with van der Waals surface area (Å²) in [6.07, 6.45) is 0. The lowest BCUT2D eigenvalue weighted by molar-refractivity contribution is 1.19. The normalized spacial score (nSPS) is 11.8. The molecule has 3 nitrogen and oxygen atoms in total. The van der Waals surface area contributed by atoms with E-state index in [1.165, 1.54) is 59.4 Å². The number of pyridine rings is 1. The maximum absolute atomic E-state index is 5.48. The number of rotatable bonds is 6. The summed E-state index contributed by atoms with van der Waals surface area (Å²) in [6.45, 7) is 0. The average Bonchev–Trinajstić information content (AvgIpc) is 3.51. The van der Waals surface area contributed by atoms with E-state index in [1.54, 1.807) is 0 Å². The molecule has 2 aromatic heterocycles. The van der Waals surface area contributed by atoms with E-state index in [4.69, 9.17) is 15.0 Å². The zero-order chi connectivity index (χ0) is 48.7. The molecule has 0 unspecified atom stereocenters. The summed E-state index contributed by atoms with van der Waals surface area (Å²) in [5.41, 5.74) is 12.6. The second-order valence-electron chi connectivity index (χ2n) is 19.4. The van der Waals surface area contributed by atoms with Crippen LogP contribution in [0.5, 0.6) is 0 Å². The molecule has 0 aliphatic heterocycles. The van der Waals surface area contributed by atoms with Crippen molar-refractivity contribution in [3.8, 4) is 67.4 Å². The molecule has 74 heavy (non-hydrogen) atoms. The Hall–Kier alpha value is -9.83. The van der Waals surface area contributed by atoms with Gasteiger partial charge in [0.25, 0.3) is 0 Å². The molecule has 0 saturated heterocycles. The van der Waals surface area contributed by atoms with Crippen molar-refractivity contribution in [3.63, 3.8) is 0 Å². The summed E-state index contributed by atoms with van der Waals surface area (Å²) < 4.78 is 0. The predicted molar refractivity (Wildman–Crippen MR) is 312 cm³/mol. The minimum Gasteiger partial charge on any atom is -0.247 e. The Morgan fingerprint density at radius 2 is 0.676 bits per heavy atom. The van der Waals surface area contributed by atoms with Gasteiger partial charge in [0.15, 0.2) is 5.82 Å². The van der Waals surface area contributed by atoms with Crippen LogP contribution in [0.3, 0.4) is 0 Å². The van der Waals surface area contributed by atoms with Crippen molar-refractivity contribution in [1.82, 2.24) is 15.0 Å². The minimum atomic E-state index is 0.700. The molecule has 0 bridgehead atoms. The van der Waals surface area contributed by atoms with Crippen LogP contribution >= 0.6 is 0 Å². The Kier molecular flexibility index (Phi) is 9.57. The number of fused-ring (bicyclic) bond motifs is 12. The molecule has 0 aliphatic carbocycles. The van der Waals surface area contributed by atoms with Gasteiger partial charge in [0.1, 0.15) is 0 Å². The number of para-hydroxylation sites is 1. The molecule has 0 atom stereocenters.